The van der Waals surface area contributed by atoms with Gasteiger partial charge in [-0.25, -0.2) is 0 Å². The molecule has 0 fully saturated rings. The zero-order valence-electron chi connectivity index (χ0n) is 14.1. The predicted molar refractivity (Wildman–Crippen MR) is 95.2 cm³/mol. The zero-order chi connectivity index (χ0) is 17.9. The second-order valence-electron chi connectivity index (χ2n) is 6.15. The fourth-order valence-corrected chi connectivity index (χ4v) is 2.90. The number of aliphatic hydroxyl groups is 1. The van der Waals surface area contributed by atoms with Gasteiger partial charge in [0.1, 0.15) is 24.1 Å². The van der Waals surface area contributed by atoms with E-state index < -0.39 is 12.2 Å². The number of hydrogen-bond acceptors (Lipinski definition) is 5. The van der Waals surface area contributed by atoms with E-state index in [1.54, 1.807) is 12.1 Å². The van der Waals surface area contributed by atoms with Crippen LogP contribution in [0.3, 0.4) is 0 Å². The van der Waals surface area contributed by atoms with Gasteiger partial charge in [0.25, 0.3) is 5.91 Å². The minimum Gasteiger partial charge on any atom is -0.485 e. The Morgan fingerprint density at radius 3 is 2.77 bits per heavy atom. The predicted octanol–water partition coefficient (Wildman–Crippen LogP) is 2.81. The maximum absolute atomic E-state index is 12.2. The summed E-state index contributed by atoms with van der Waals surface area (Å²) in [5, 5.41) is 14.0. The third-order valence-electron chi connectivity index (χ3n) is 4.29. The molecule has 2 aromatic carbocycles. The van der Waals surface area contributed by atoms with Crippen LogP contribution in [-0.4, -0.2) is 30.3 Å². The SMILES string of the molecule is O=C(NCC[C@H](O)c1cc2ccccc2o1)[C@H]1COc2ccccc2O1. The van der Waals surface area contributed by atoms with Gasteiger partial charge in [0.2, 0.25) is 6.10 Å². The van der Waals surface area contributed by atoms with E-state index in [-0.39, 0.29) is 12.5 Å². The lowest BCUT2D eigenvalue weighted by atomic mass is 10.2. The van der Waals surface area contributed by atoms with Crippen LogP contribution in [0.4, 0.5) is 0 Å². The van der Waals surface area contributed by atoms with Gasteiger partial charge in [0.15, 0.2) is 11.5 Å². The first kappa shape index (κ1) is 16.5. The summed E-state index contributed by atoms with van der Waals surface area (Å²) in [6.45, 7) is 0.466. The molecular formula is C20H19NO5. The molecule has 1 aromatic heterocycles. The molecule has 0 aliphatic carbocycles. The summed E-state index contributed by atoms with van der Waals surface area (Å²) >= 11 is 0. The Balaban J connectivity index is 1.29. The number of fused-ring (bicyclic) bond motifs is 2. The minimum absolute atomic E-state index is 0.162. The molecule has 0 radical (unpaired) electrons. The monoisotopic (exact) mass is 353 g/mol. The van der Waals surface area contributed by atoms with Crippen LogP contribution in [0.2, 0.25) is 0 Å². The maximum Gasteiger partial charge on any atom is 0.264 e. The number of para-hydroxylation sites is 3. The van der Waals surface area contributed by atoms with Crippen LogP contribution in [0, 0.1) is 0 Å². The molecule has 0 unspecified atom stereocenters. The van der Waals surface area contributed by atoms with Gasteiger partial charge in [-0.05, 0) is 30.7 Å². The van der Waals surface area contributed by atoms with Crippen LogP contribution in [-0.2, 0) is 4.79 Å². The number of furan rings is 1. The first-order valence-corrected chi connectivity index (χ1v) is 8.53. The van der Waals surface area contributed by atoms with Crippen molar-refractivity contribution in [2.45, 2.75) is 18.6 Å². The second kappa shape index (κ2) is 7.09. The summed E-state index contributed by atoms with van der Waals surface area (Å²) in [6, 6.07) is 16.6. The van der Waals surface area contributed by atoms with Crippen LogP contribution >= 0.6 is 0 Å². The van der Waals surface area contributed by atoms with Gasteiger partial charge in [-0.15, -0.1) is 0 Å². The van der Waals surface area contributed by atoms with Crippen molar-refractivity contribution in [3.05, 3.63) is 60.4 Å². The van der Waals surface area contributed by atoms with Crippen LogP contribution in [0.5, 0.6) is 11.5 Å². The van der Waals surface area contributed by atoms with Crippen LogP contribution in [0.15, 0.2) is 59.0 Å². The average Bonchev–Trinajstić information content (AvgIpc) is 3.12. The Hall–Kier alpha value is -2.99. The number of benzene rings is 2. The fourth-order valence-electron chi connectivity index (χ4n) is 2.90. The zero-order valence-corrected chi connectivity index (χ0v) is 14.1. The van der Waals surface area contributed by atoms with E-state index in [9.17, 15) is 9.90 Å². The smallest absolute Gasteiger partial charge is 0.264 e. The molecule has 1 amide bonds. The molecule has 3 aromatic rings. The Kier molecular flexibility index (Phi) is 4.50. The summed E-state index contributed by atoms with van der Waals surface area (Å²) < 4.78 is 16.8. The van der Waals surface area contributed by atoms with Crippen molar-refractivity contribution in [1.82, 2.24) is 5.32 Å². The Morgan fingerprint density at radius 2 is 1.92 bits per heavy atom. The summed E-state index contributed by atoms with van der Waals surface area (Å²) in [5.74, 6) is 1.42. The van der Waals surface area contributed by atoms with Gasteiger partial charge in [0, 0.05) is 11.9 Å². The number of nitrogens with one attached hydrogen (secondary N) is 1. The highest BCUT2D eigenvalue weighted by Crippen LogP contribution is 2.31. The molecule has 134 valence electrons. The molecule has 6 nitrogen and oxygen atoms in total. The Labute approximate surface area is 150 Å². The molecule has 2 heterocycles. The highest BCUT2D eigenvalue weighted by atomic mass is 16.6. The van der Waals surface area contributed by atoms with Crippen LogP contribution < -0.4 is 14.8 Å². The van der Waals surface area contributed by atoms with Gasteiger partial charge in [0.05, 0.1) is 0 Å². The van der Waals surface area contributed by atoms with E-state index in [0.29, 0.717) is 30.2 Å². The van der Waals surface area contributed by atoms with Crippen molar-refractivity contribution in [3.8, 4) is 11.5 Å². The third-order valence-corrected chi connectivity index (χ3v) is 4.29. The second-order valence-corrected chi connectivity index (χ2v) is 6.15. The van der Waals surface area contributed by atoms with Crippen molar-refractivity contribution in [3.63, 3.8) is 0 Å². The number of rotatable bonds is 5. The molecule has 2 N–H and O–H groups in total. The molecule has 0 bridgehead atoms. The normalized spacial score (nSPS) is 17.0. The van der Waals surface area contributed by atoms with Crippen molar-refractivity contribution >= 4 is 16.9 Å². The van der Waals surface area contributed by atoms with Crippen molar-refractivity contribution < 1.29 is 23.8 Å². The number of ether oxygens (including phenoxy) is 2. The van der Waals surface area contributed by atoms with Crippen LogP contribution in [0.1, 0.15) is 18.3 Å². The van der Waals surface area contributed by atoms with E-state index >= 15 is 0 Å². The topological polar surface area (TPSA) is 80.9 Å². The maximum atomic E-state index is 12.2. The number of aliphatic hydroxyl groups excluding tert-OH is 1. The summed E-state index contributed by atoms with van der Waals surface area (Å²) in [4.78, 5) is 12.2. The molecule has 26 heavy (non-hydrogen) atoms. The fraction of sp³-hybridized carbons (Fsp3) is 0.250. The highest BCUT2D eigenvalue weighted by Gasteiger charge is 2.27. The molecule has 1 aliphatic heterocycles. The van der Waals surface area contributed by atoms with E-state index in [2.05, 4.69) is 5.32 Å². The van der Waals surface area contributed by atoms with E-state index in [1.165, 1.54) is 0 Å². The van der Waals surface area contributed by atoms with Crippen molar-refractivity contribution in [1.29, 1.82) is 0 Å². The molecule has 0 saturated carbocycles. The molecule has 4 rings (SSSR count). The van der Waals surface area contributed by atoms with E-state index in [1.807, 2.05) is 42.5 Å². The van der Waals surface area contributed by atoms with Gasteiger partial charge in [-0.1, -0.05) is 30.3 Å². The standard InChI is InChI=1S/C20H19NO5/c22-14(18-11-13-5-1-2-6-15(13)25-18)9-10-21-20(23)19-12-24-16-7-3-4-8-17(16)26-19/h1-8,11,14,19,22H,9-10,12H2,(H,21,23)/t14-,19+/m0/s1. The average molecular weight is 353 g/mol. The number of amides is 1. The lowest BCUT2D eigenvalue weighted by Crippen LogP contribution is -2.44. The third kappa shape index (κ3) is 3.36. The Morgan fingerprint density at radius 1 is 1.15 bits per heavy atom. The largest absolute Gasteiger partial charge is 0.485 e. The lowest BCUT2D eigenvalue weighted by molar-refractivity contribution is -0.130. The number of carbonyl (C=O) groups is 1. The lowest BCUT2D eigenvalue weighted by Gasteiger charge is -2.25. The molecular weight excluding hydrogens is 334 g/mol. The number of carbonyl (C=O) groups excluding carboxylic acids is 1. The molecule has 0 saturated heterocycles. The van der Waals surface area contributed by atoms with Gasteiger partial charge < -0.3 is 24.3 Å². The Bertz CT molecular complexity index is 886. The van der Waals surface area contributed by atoms with Gasteiger partial charge in [-0.3, -0.25) is 4.79 Å². The van der Waals surface area contributed by atoms with Gasteiger partial charge in [-0.2, -0.15) is 0 Å². The van der Waals surface area contributed by atoms with Gasteiger partial charge >= 0.3 is 0 Å². The quantitative estimate of drug-likeness (QED) is 0.737. The van der Waals surface area contributed by atoms with Crippen LogP contribution in [0.25, 0.3) is 11.0 Å². The first-order valence-electron chi connectivity index (χ1n) is 8.53. The van der Waals surface area contributed by atoms with E-state index in [4.69, 9.17) is 13.9 Å². The molecule has 2 atom stereocenters. The summed E-state index contributed by atoms with van der Waals surface area (Å²) in [6.07, 6.45) is -1.14. The molecule has 6 heteroatoms. The summed E-state index contributed by atoms with van der Waals surface area (Å²) in [5.41, 5.74) is 0.733. The molecule has 0 spiro atoms. The first-order chi connectivity index (χ1) is 12.7. The summed E-state index contributed by atoms with van der Waals surface area (Å²) in [7, 11) is 0. The van der Waals surface area contributed by atoms with Crippen molar-refractivity contribution in [2.24, 2.45) is 0 Å². The van der Waals surface area contributed by atoms with Crippen molar-refractivity contribution in [2.75, 3.05) is 13.2 Å². The highest BCUT2D eigenvalue weighted by molar-refractivity contribution is 5.81. The van der Waals surface area contributed by atoms with E-state index in [0.717, 1.165) is 11.0 Å². The minimum atomic E-state index is -0.785. The molecule has 1 aliphatic rings. The number of hydrogen-bond donors (Lipinski definition) is 2.